The van der Waals surface area contributed by atoms with E-state index in [0.29, 0.717) is 12.1 Å². The van der Waals surface area contributed by atoms with Gasteiger partial charge in [0, 0.05) is 23.6 Å². The average molecular weight is 288 g/mol. The Bertz CT molecular complexity index is 629. The molecule has 0 aliphatic rings. The lowest BCUT2D eigenvalue weighted by atomic mass is 10.2. The predicted octanol–water partition coefficient (Wildman–Crippen LogP) is 3.76. The number of hydrogen-bond donors (Lipinski definition) is 1. The number of halogens is 1. The third-order valence-electron chi connectivity index (χ3n) is 3.58. The fourth-order valence-electron chi connectivity index (χ4n) is 2.45. The van der Waals surface area contributed by atoms with Crippen molar-refractivity contribution in [2.45, 2.75) is 33.6 Å². The predicted molar refractivity (Wildman–Crippen MR) is 82.4 cm³/mol. The number of nitrogens with zero attached hydrogens (tertiary/aromatic N) is 1. The van der Waals surface area contributed by atoms with Gasteiger partial charge < -0.3 is 9.88 Å². The highest BCUT2D eigenvalue weighted by Crippen LogP contribution is 2.21. The fourth-order valence-corrected chi connectivity index (χ4v) is 2.45. The van der Waals surface area contributed by atoms with Gasteiger partial charge in [0.2, 0.25) is 0 Å². The molecule has 0 saturated heterocycles. The summed E-state index contributed by atoms with van der Waals surface area (Å²) in [6, 6.07) is 8.16. The zero-order valence-electron chi connectivity index (χ0n) is 12.7. The lowest BCUT2D eigenvalue weighted by Crippen LogP contribution is -2.24. The molecule has 2 rings (SSSR count). The number of benzene rings is 1. The van der Waals surface area contributed by atoms with E-state index in [1.54, 1.807) is 12.1 Å². The second kappa shape index (κ2) is 6.57. The van der Waals surface area contributed by atoms with Crippen LogP contribution in [0.25, 0.3) is 5.69 Å². The monoisotopic (exact) mass is 288 g/mol. The number of carbonyl (C=O) groups is 1. The van der Waals surface area contributed by atoms with Gasteiger partial charge in [-0.05, 0) is 50.6 Å². The molecule has 0 unspecified atom stereocenters. The lowest BCUT2D eigenvalue weighted by Gasteiger charge is -2.10. The number of hydrogen-bond acceptors (Lipinski definition) is 1. The van der Waals surface area contributed by atoms with Crippen LogP contribution in [0.5, 0.6) is 0 Å². The molecular formula is C17H21FN2O. The van der Waals surface area contributed by atoms with E-state index in [9.17, 15) is 9.18 Å². The molecule has 0 aliphatic heterocycles. The molecule has 0 spiro atoms. The van der Waals surface area contributed by atoms with Gasteiger partial charge in [0.25, 0.3) is 5.91 Å². The standard InChI is InChI=1S/C17H21FN2O/c1-4-5-10-19-17(21)16-11-12(2)20(13(16)3)15-8-6-14(18)7-9-15/h6-9,11H,4-5,10H2,1-3H3,(H,19,21). The van der Waals surface area contributed by atoms with Crippen molar-refractivity contribution < 1.29 is 9.18 Å². The van der Waals surface area contributed by atoms with Crippen molar-refractivity contribution in [3.63, 3.8) is 0 Å². The summed E-state index contributed by atoms with van der Waals surface area (Å²) in [4.78, 5) is 12.2. The van der Waals surface area contributed by atoms with Crippen molar-refractivity contribution in [3.8, 4) is 5.69 Å². The summed E-state index contributed by atoms with van der Waals surface area (Å²) >= 11 is 0. The van der Waals surface area contributed by atoms with Crippen molar-refractivity contribution in [2.75, 3.05) is 6.54 Å². The van der Waals surface area contributed by atoms with E-state index in [1.807, 2.05) is 24.5 Å². The normalized spacial score (nSPS) is 10.7. The number of rotatable bonds is 5. The van der Waals surface area contributed by atoms with Crippen LogP contribution >= 0.6 is 0 Å². The van der Waals surface area contributed by atoms with Crippen molar-refractivity contribution in [2.24, 2.45) is 0 Å². The van der Waals surface area contributed by atoms with Gasteiger partial charge in [-0.1, -0.05) is 13.3 Å². The van der Waals surface area contributed by atoms with E-state index in [1.165, 1.54) is 12.1 Å². The van der Waals surface area contributed by atoms with Gasteiger partial charge in [-0.2, -0.15) is 0 Å². The fraction of sp³-hybridized carbons (Fsp3) is 0.353. The zero-order chi connectivity index (χ0) is 15.4. The molecular weight excluding hydrogens is 267 g/mol. The molecule has 3 nitrogen and oxygen atoms in total. The first-order valence-corrected chi connectivity index (χ1v) is 7.27. The summed E-state index contributed by atoms with van der Waals surface area (Å²) in [7, 11) is 0. The van der Waals surface area contributed by atoms with Crippen LogP contribution in [0, 0.1) is 19.7 Å². The van der Waals surface area contributed by atoms with E-state index in [-0.39, 0.29) is 11.7 Å². The van der Waals surface area contributed by atoms with Crippen LogP contribution < -0.4 is 5.32 Å². The van der Waals surface area contributed by atoms with Crippen LogP contribution in [0.3, 0.4) is 0 Å². The number of carbonyl (C=O) groups excluding carboxylic acids is 1. The maximum Gasteiger partial charge on any atom is 0.253 e. The molecule has 1 N–H and O–H groups in total. The summed E-state index contributed by atoms with van der Waals surface area (Å²) in [5, 5.41) is 2.93. The maximum absolute atomic E-state index is 13.0. The Balaban J connectivity index is 2.29. The molecule has 1 aromatic carbocycles. The van der Waals surface area contributed by atoms with E-state index in [0.717, 1.165) is 29.9 Å². The quantitative estimate of drug-likeness (QED) is 0.835. The van der Waals surface area contributed by atoms with Crippen LogP contribution in [-0.2, 0) is 0 Å². The highest BCUT2D eigenvalue weighted by atomic mass is 19.1. The second-order valence-corrected chi connectivity index (χ2v) is 5.21. The Morgan fingerprint density at radius 2 is 1.90 bits per heavy atom. The van der Waals surface area contributed by atoms with Gasteiger partial charge in [0.1, 0.15) is 5.82 Å². The van der Waals surface area contributed by atoms with Gasteiger partial charge in [0.05, 0.1) is 5.56 Å². The molecule has 0 bridgehead atoms. The van der Waals surface area contributed by atoms with E-state index in [2.05, 4.69) is 12.2 Å². The average Bonchev–Trinajstić information content (AvgIpc) is 2.76. The van der Waals surface area contributed by atoms with Gasteiger partial charge in [0.15, 0.2) is 0 Å². The van der Waals surface area contributed by atoms with E-state index in [4.69, 9.17) is 0 Å². The van der Waals surface area contributed by atoms with Crippen molar-refractivity contribution >= 4 is 5.91 Å². The zero-order valence-corrected chi connectivity index (χ0v) is 12.7. The molecule has 0 atom stereocenters. The largest absolute Gasteiger partial charge is 0.352 e. The molecule has 0 radical (unpaired) electrons. The highest BCUT2D eigenvalue weighted by molar-refractivity contribution is 5.95. The van der Waals surface area contributed by atoms with Crippen LogP contribution in [0.4, 0.5) is 4.39 Å². The SMILES string of the molecule is CCCCNC(=O)c1cc(C)n(-c2ccc(F)cc2)c1C. The minimum Gasteiger partial charge on any atom is -0.352 e. The van der Waals surface area contributed by atoms with Gasteiger partial charge in [-0.3, -0.25) is 4.79 Å². The first-order chi connectivity index (χ1) is 10.0. The Hall–Kier alpha value is -2.10. The van der Waals surface area contributed by atoms with Gasteiger partial charge >= 0.3 is 0 Å². The van der Waals surface area contributed by atoms with Gasteiger partial charge in [-0.25, -0.2) is 4.39 Å². The summed E-state index contributed by atoms with van der Waals surface area (Å²) in [5.41, 5.74) is 3.36. The minimum atomic E-state index is -0.265. The Morgan fingerprint density at radius 1 is 1.24 bits per heavy atom. The Kier molecular flexibility index (Phi) is 4.78. The molecule has 1 amide bonds. The Labute approximate surface area is 124 Å². The van der Waals surface area contributed by atoms with E-state index >= 15 is 0 Å². The van der Waals surface area contributed by atoms with Crippen LogP contribution in [0.15, 0.2) is 30.3 Å². The van der Waals surface area contributed by atoms with Crippen molar-refractivity contribution in [3.05, 3.63) is 53.1 Å². The molecule has 1 heterocycles. The number of nitrogens with one attached hydrogen (secondary N) is 1. The summed E-state index contributed by atoms with van der Waals surface area (Å²) in [6.45, 7) is 6.63. The van der Waals surface area contributed by atoms with Crippen LogP contribution in [0.1, 0.15) is 41.5 Å². The lowest BCUT2D eigenvalue weighted by molar-refractivity contribution is 0.0952. The molecule has 0 saturated carbocycles. The summed E-state index contributed by atoms with van der Waals surface area (Å²) < 4.78 is 15.0. The third-order valence-corrected chi connectivity index (χ3v) is 3.58. The van der Waals surface area contributed by atoms with E-state index < -0.39 is 0 Å². The third kappa shape index (κ3) is 3.32. The number of unbranched alkanes of at least 4 members (excludes halogenated alkanes) is 1. The van der Waals surface area contributed by atoms with Gasteiger partial charge in [-0.15, -0.1) is 0 Å². The molecule has 21 heavy (non-hydrogen) atoms. The molecule has 2 aromatic rings. The Morgan fingerprint density at radius 3 is 2.52 bits per heavy atom. The maximum atomic E-state index is 13.0. The smallest absolute Gasteiger partial charge is 0.253 e. The first kappa shape index (κ1) is 15.3. The molecule has 0 fully saturated rings. The molecule has 4 heteroatoms. The molecule has 112 valence electrons. The highest BCUT2D eigenvalue weighted by Gasteiger charge is 2.16. The molecule has 1 aromatic heterocycles. The van der Waals surface area contributed by atoms with Crippen LogP contribution in [-0.4, -0.2) is 17.0 Å². The van der Waals surface area contributed by atoms with Crippen molar-refractivity contribution in [1.82, 2.24) is 9.88 Å². The molecule has 0 aliphatic carbocycles. The first-order valence-electron chi connectivity index (χ1n) is 7.27. The minimum absolute atomic E-state index is 0.0510. The second-order valence-electron chi connectivity index (χ2n) is 5.21. The number of aromatic nitrogens is 1. The van der Waals surface area contributed by atoms with Crippen molar-refractivity contribution in [1.29, 1.82) is 0 Å². The van der Waals surface area contributed by atoms with Crippen LogP contribution in [0.2, 0.25) is 0 Å². The summed E-state index contributed by atoms with van der Waals surface area (Å²) in [6.07, 6.45) is 2.03. The summed E-state index contributed by atoms with van der Waals surface area (Å²) in [5.74, 6) is -0.316. The topological polar surface area (TPSA) is 34.0 Å². The number of amides is 1. The number of aryl methyl sites for hydroxylation is 1.